The third-order valence-electron chi connectivity index (χ3n) is 2.52. The Labute approximate surface area is 109 Å². The lowest BCUT2D eigenvalue weighted by Gasteiger charge is -2.11. The van der Waals surface area contributed by atoms with Crippen LogP contribution in [0.1, 0.15) is 0 Å². The normalized spacial score (nSPS) is 10.3. The zero-order valence-electron chi connectivity index (χ0n) is 9.97. The number of aromatic hydroxyl groups is 1. The Morgan fingerprint density at radius 3 is 2.56 bits per heavy atom. The summed E-state index contributed by atoms with van der Waals surface area (Å²) in [5, 5.41) is 11.4. The molecule has 18 heavy (non-hydrogen) atoms. The minimum absolute atomic E-state index is 0.190. The summed E-state index contributed by atoms with van der Waals surface area (Å²) in [7, 11) is 1.25. The van der Waals surface area contributed by atoms with Gasteiger partial charge >= 0.3 is 6.16 Å². The number of hydrogen-bond donors (Lipinski definition) is 1. The van der Waals surface area contributed by atoms with E-state index in [-0.39, 0.29) is 5.75 Å². The van der Waals surface area contributed by atoms with E-state index in [0.29, 0.717) is 21.4 Å². The predicted octanol–water partition coefficient (Wildman–Crippen LogP) is 3.41. The van der Waals surface area contributed by atoms with Gasteiger partial charge in [0.2, 0.25) is 0 Å². The smallest absolute Gasteiger partial charge is 0.506 e. The Morgan fingerprint density at radius 1 is 1.28 bits per heavy atom. The molecule has 0 spiro atoms. The van der Waals surface area contributed by atoms with Crippen LogP contribution >= 0.6 is 11.8 Å². The standard InChI is InChI=1S/C13H12O4S/c1-16-13(15)17-10-7-11(18-2)12(14)9-6-4-3-5-8(9)10/h3-7,14H,1-2H3. The van der Waals surface area contributed by atoms with E-state index in [0.717, 1.165) is 0 Å². The first-order valence-electron chi connectivity index (χ1n) is 5.22. The zero-order valence-corrected chi connectivity index (χ0v) is 10.8. The molecule has 0 fully saturated rings. The van der Waals surface area contributed by atoms with Gasteiger partial charge in [-0.2, -0.15) is 0 Å². The highest BCUT2D eigenvalue weighted by molar-refractivity contribution is 7.98. The van der Waals surface area contributed by atoms with Crippen molar-refractivity contribution < 1.29 is 19.4 Å². The summed E-state index contributed by atoms with van der Waals surface area (Å²) in [4.78, 5) is 11.8. The van der Waals surface area contributed by atoms with Gasteiger partial charge < -0.3 is 14.6 Å². The highest BCUT2D eigenvalue weighted by Crippen LogP contribution is 2.40. The molecular weight excluding hydrogens is 252 g/mol. The van der Waals surface area contributed by atoms with Crippen LogP contribution in [0.15, 0.2) is 35.2 Å². The maximum atomic E-state index is 11.2. The second kappa shape index (κ2) is 5.18. The Balaban J connectivity index is 2.64. The largest absolute Gasteiger partial charge is 0.513 e. The van der Waals surface area contributed by atoms with Crippen molar-refractivity contribution in [2.45, 2.75) is 4.90 Å². The van der Waals surface area contributed by atoms with E-state index < -0.39 is 6.16 Å². The van der Waals surface area contributed by atoms with Crippen LogP contribution in [0.2, 0.25) is 0 Å². The topological polar surface area (TPSA) is 55.8 Å². The summed E-state index contributed by atoms with van der Waals surface area (Å²) in [5.74, 6) is 0.565. The lowest BCUT2D eigenvalue weighted by Crippen LogP contribution is -2.07. The van der Waals surface area contributed by atoms with E-state index in [1.807, 2.05) is 18.4 Å². The van der Waals surface area contributed by atoms with Crippen molar-refractivity contribution in [2.75, 3.05) is 13.4 Å². The molecule has 2 aromatic rings. The maximum Gasteiger partial charge on any atom is 0.513 e. The fourth-order valence-corrected chi connectivity index (χ4v) is 2.20. The highest BCUT2D eigenvalue weighted by Gasteiger charge is 2.14. The van der Waals surface area contributed by atoms with Crippen LogP contribution in [-0.4, -0.2) is 24.6 Å². The minimum atomic E-state index is -0.780. The van der Waals surface area contributed by atoms with Gasteiger partial charge in [0.1, 0.15) is 11.5 Å². The number of hydrogen-bond acceptors (Lipinski definition) is 5. The van der Waals surface area contributed by atoms with Gasteiger partial charge in [-0.25, -0.2) is 4.79 Å². The number of fused-ring (bicyclic) bond motifs is 1. The summed E-state index contributed by atoms with van der Waals surface area (Å²) >= 11 is 1.38. The number of ether oxygens (including phenoxy) is 2. The fraction of sp³-hybridized carbons (Fsp3) is 0.154. The summed E-state index contributed by atoms with van der Waals surface area (Å²) in [6, 6.07) is 8.80. The molecule has 0 saturated carbocycles. The van der Waals surface area contributed by atoms with Gasteiger partial charge in [-0.15, -0.1) is 11.8 Å². The van der Waals surface area contributed by atoms with Gasteiger partial charge in [0.05, 0.1) is 12.0 Å². The summed E-state index contributed by atoms with van der Waals surface area (Å²) < 4.78 is 9.57. The van der Waals surface area contributed by atoms with Crippen molar-refractivity contribution in [2.24, 2.45) is 0 Å². The molecule has 0 unspecified atom stereocenters. The molecule has 1 N–H and O–H groups in total. The Morgan fingerprint density at radius 2 is 1.94 bits per heavy atom. The Bertz CT molecular complexity index is 595. The van der Waals surface area contributed by atoms with Crippen molar-refractivity contribution in [3.8, 4) is 11.5 Å². The average Bonchev–Trinajstić information content (AvgIpc) is 2.41. The molecule has 0 heterocycles. The van der Waals surface area contributed by atoms with E-state index in [4.69, 9.17) is 4.74 Å². The third-order valence-corrected chi connectivity index (χ3v) is 3.27. The van der Waals surface area contributed by atoms with Crippen LogP contribution < -0.4 is 4.74 Å². The number of benzene rings is 2. The number of thioether (sulfide) groups is 1. The molecule has 2 aromatic carbocycles. The Kier molecular flexibility index (Phi) is 3.62. The van der Waals surface area contributed by atoms with E-state index in [9.17, 15) is 9.90 Å². The number of carbonyl (C=O) groups excluding carboxylic acids is 1. The summed E-state index contributed by atoms with van der Waals surface area (Å²) in [6.45, 7) is 0. The number of phenolic OH excluding ortho intramolecular Hbond substituents is 1. The van der Waals surface area contributed by atoms with E-state index in [1.165, 1.54) is 18.9 Å². The van der Waals surface area contributed by atoms with Gasteiger partial charge in [-0.3, -0.25) is 0 Å². The van der Waals surface area contributed by atoms with Crippen molar-refractivity contribution in [1.29, 1.82) is 0 Å². The van der Waals surface area contributed by atoms with Crippen LogP contribution in [-0.2, 0) is 4.74 Å². The molecule has 0 amide bonds. The monoisotopic (exact) mass is 264 g/mol. The SMILES string of the molecule is COC(=O)Oc1cc(SC)c(O)c2ccccc12. The second-order valence-electron chi connectivity index (χ2n) is 3.53. The first-order valence-corrected chi connectivity index (χ1v) is 6.44. The molecule has 94 valence electrons. The summed E-state index contributed by atoms with van der Waals surface area (Å²) in [5.41, 5.74) is 0. The molecule has 5 heteroatoms. The summed E-state index contributed by atoms with van der Waals surface area (Å²) in [6.07, 6.45) is 1.06. The average molecular weight is 264 g/mol. The van der Waals surface area contributed by atoms with Gasteiger partial charge in [0.15, 0.2) is 0 Å². The van der Waals surface area contributed by atoms with E-state index >= 15 is 0 Å². The minimum Gasteiger partial charge on any atom is -0.506 e. The van der Waals surface area contributed by atoms with Crippen LogP contribution in [0, 0.1) is 0 Å². The number of rotatable bonds is 2. The quantitative estimate of drug-likeness (QED) is 0.511. The number of carbonyl (C=O) groups is 1. The van der Waals surface area contributed by atoms with Crippen LogP contribution in [0.4, 0.5) is 4.79 Å². The van der Waals surface area contributed by atoms with E-state index in [1.54, 1.807) is 18.2 Å². The van der Waals surface area contributed by atoms with Gasteiger partial charge in [0.25, 0.3) is 0 Å². The van der Waals surface area contributed by atoms with Crippen LogP contribution in [0.3, 0.4) is 0 Å². The number of methoxy groups -OCH3 is 1. The first kappa shape index (κ1) is 12.6. The molecule has 0 aromatic heterocycles. The second-order valence-corrected chi connectivity index (χ2v) is 4.38. The molecule has 0 aliphatic heterocycles. The zero-order chi connectivity index (χ0) is 13.1. The van der Waals surface area contributed by atoms with Gasteiger partial charge in [0, 0.05) is 10.8 Å². The van der Waals surface area contributed by atoms with Gasteiger partial charge in [-0.1, -0.05) is 24.3 Å². The molecule has 2 rings (SSSR count). The van der Waals surface area contributed by atoms with Crippen LogP contribution in [0.5, 0.6) is 11.5 Å². The van der Waals surface area contributed by atoms with Crippen molar-refractivity contribution in [3.05, 3.63) is 30.3 Å². The molecule has 0 aliphatic carbocycles. The molecule has 0 bridgehead atoms. The predicted molar refractivity (Wildman–Crippen MR) is 70.4 cm³/mol. The molecule has 0 radical (unpaired) electrons. The van der Waals surface area contributed by atoms with Crippen molar-refractivity contribution in [1.82, 2.24) is 0 Å². The lowest BCUT2D eigenvalue weighted by atomic mass is 10.1. The molecule has 4 nitrogen and oxygen atoms in total. The molecule has 0 aliphatic rings. The molecule has 0 saturated heterocycles. The number of phenols is 1. The van der Waals surface area contributed by atoms with E-state index in [2.05, 4.69) is 4.74 Å². The first-order chi connectivity index (χ1) is 8.67. The van der Waals surface area contributed by atoms with Gasteiger partial charge in [-0.05, 0) is 12.3 Å². The fourth-order valence-electron chi connectivity index (χ4n) is 1.67. The molecule has 0 atom stereocenters. The third kappa shape index (κ3) is 2.22. The van der Waals surface area contributed by atoms with Crippen molar-refractivity contribution >= 4 is 28.7 Å². The highest BCUT2D eigenvalue weighted by atomic mass is 32.2. The Hall–Kier alpha value is -1.88. The lowest BCUT2D eigenvalue weighted by molar-refractivity contribution is 0.122. The maximum absolute atomic E-state index is 11.2. The van der Waals surface area contributed by atoms with Crippen LogP contribution in [0.25, 0.3) is 10.8 Å². The molecular formula is C13H12O4S. The van der Waals surface area contributed by atoms with Crippen molar-refractivity contribution in [3.63, 3.8) is 0 Å².